The first-order chi connectivity index (χ1) is 21.6. The lowest BCUT2D eigenvalue weighted by Crippen LogP contribution is -2.17. The van der Waals surface area contributed by atoms with E-state index < -0.39 is 0 Å². The van der Waals surface area contributed by atoms with Crippen LogP contribution in [0.2, 0.25) is 0 Å². The van der Waals surface area contributed by atoms with Gasteiger partial charge in [0.2, 0.25) is 5.95 Å². The zero-order valence-electron chi connectivity index (χ0n) is 24.5. The summed E-state index contributed by atoms with van der Waals surface area (Å²) in [7, 11) is 0. The molecule has 0 atom stereocenters. The van der Waals surface area contributed by atoms with Crippen LogP contribution in [0.1, 0.15) is 25.0 Å². The van der Waals surface area contributed by atoms with E-state index in [1.54, 1.807) is 0 Å². The van der Waals surface area contributed by atoms with Crippen LogP contribution in [0, 0.1) is 0 Å². The molecule has 0 saturated carbocycles. The molecule has 3 heterocycles. The van der Waals surface area contributed by atoms with Crippen molar-refractivity contribution < 1.29 is 0 Å². The quantitative estimate of drug-likeness (QED) is 0.215. The van der Waals surface area contributed by atoms with Crippen molar-refractivity contribution >= 4 is 32.6 Å². The highest BCUT2D eigenvalue weighted by atomic mass is 15.2. The Morgan fingerprint density at radius 2 is 1.20 bits per heavy atom. The predicted octanol–water partition coefficient (Wildman–Crippen LogP) is 9.76. The van der Waals surface area contributed by atoms with E-state index in [1.165, 1.54) is 43.8 Å². The second-order valence-corrected chi connectivity index (χ2v) is 12.1. The van der Waals surface area contributed by atoms with Gasteiger partial charge in [-0.1, -0.05) is 117 Å². The van der Waals surface area contributed by atoms with Crippen molar-refractivity contribution in [1.29, 1.82) is 0 Å². The molecule has 0 fully saturated rings. The number of aromatic nitrogens is 4. The van der Waals surface area contributed by atoms with E-state index in [1.807, 2.05) is 24.5 Å². The zero-order valence-corrected chi connectivity index (χ0v) is 24.5. The van der Waals surface area contributed by atoms with Gasteiger partial charge in [-0.3, -0.25) is 9.55 Å². The van der Waals surface area contributed by atoms with Gasteiger partial charge in [0, 0.05) is 45.3 Å². The zero-order chi connectivity index (χ0) is 29.4. The molecule has 5 aromatic carbocycles. The van der Waals surface area contributed by atoms with Crippen LogP contribution in [0.5, 0.6) is 0 Å². The normalized spacial score (nSPS) is 13.4. The number of rotatable bonds is 3. The van der Waals surface area contributed by atoms with Gasteiger partial charge >= 0.3 is 0 Å². The van der Waals surface area contributed by atoms with Crippen LogP contribution in [0.25, 0.3) is 72.2 Å². The molecular formula is C40H28N4. The van der Waals surface area contributed by atoms with Gasteiger partial charge in [-0.05, 0) is 45.7 Å². The molecule has 0 amide bonds. The molecule has 0 radical (unpaired) electrons. The van der Waals surface area contributed by atoms with Crippen LogP contribution in [-0.2, 0) is 5.41 Å². The van der Waals surface area contributed by atoms with E-state index in [2.05, 4.69) is 133 Å². The third-order valence-corrected chi connectivity index (χ3v) is 9.27. The largest absolute Gasteiger partial charge is 0.278 e. The summed E-state index contributed by atoms with van der Waals surface area (Å²) >= 11 is 0. The molecule has 4 heteroatoms. The fourth-order valence-electron chi connectivity index (χ4n) is 7.34. The molecule has 9 rings (SSSR count). The van der Waals surface area contributed by atoms with Crippen LogP contribution < -0.4 is 0 Å². The first-order valence-electron chi connectivity index (χ1n) is 15.0. The highest BCUT2D eigenvalue weighted by Gasteiger charge is 2.40. The lowest BCUT2D eigenvalue weighted by atomic mass is 9.81. The van der Waals surface area contributed by atoms with Crippen LogP contribution in [0.4, 0.5) is 0 Å². The smallest absolute Gasteiger partial charge is 0.235 e. The molecule has 3 aromatic heterocycles. The van der Waals surface area contributed by atoms with E-state index in [0.29, 0.717) is 5.95 Å². The lowest BCUT2D eigenvalue weighted by molar-refractivity contribution is 0.663. The Morgan fingerprint density at radius 3 is 1.89 bits per heavy atom. The minimum absolute atomic E-state index is 0.263. The molecule has 0 aliphatic heterocycles. The average molecular weight is 565 g/mol. The van der Waals surface area contributed by atoms with Crippen LogP contribution in [0.15, 0.2) is 134 Å². The topological polar surface area (TPSA) is 43.6 Å². The molecule has 0 unspecified atom stereocenters. The molecule has 0 N–H and O–H groups in total. The molecule has 44 heavy (non-hydrogen) atoms. The Kier molecular flexibility index (Phi) is 5.21. The summed E-state index contributed by atoms with van der Waals surface area (Å²) < 4.78 is 2.32. The van der Waals surface area contributed by atoms with Crippen molar-refractivity contribution in [3.63, 3.8) is 0 Å². The lowest BCUT2D eigenvalue weighted by Gasteiger charge is -2.24. The van der Waals surface area contributed by atoms with Gasteiger partial charge in [-0.2, -0.15) is 0 Å². The van der Waals surface area contributed by atoms with Gasteiger partial charge in [0.25, 0.3) is 0 Å². The SMILES string of the molecule is CC1(C)c2ccncc2-c2c1c1c(c3ccccc23)c2ccccc2n1-c1nc(-c2ccccc2)cc(-c2ccccc2)n1. The Labute approximate surface area is 255 Å². The fourth-order valence-corrected chi connectivity index (χ4v) is 7.34. The predicted molar refractivity (Wildman–Crippen MR) is 180 cm³/mol. The van der Waals surface area contributed by atoms with Crippen LogP contribution in [-0.4, -0.2) is 19.5 Å². The maximum Gasteiger partial charge on any atom is 0.235 e. The first kappa shape index (κ1) is 24.9. The van der Waals surface area contributed by atoms with Crippen LogP contribution >= 0.6 is 0 Å². The second-order valence-electron chi connectivity index (χ2n) is 12.1. The Morgan fingerprint density at radius 1 is 0.614 bits per heavy atom. The Balaban J connectivity index is 1.49. The summed E-state index contributed by atoms with van der Waals surface area (Å²) in [6.45, 7) is 4.68. The molecule has 8 aromatic rings. The number of hydrogen-bond acceptors (Lipinski definition) is 3. The number of benzene rings is 5. The van der Waals surface area contributed by atoms with Crippen molar-refractivity contribution in [1.82, 2.24) is 19.5 Å². The second kappa shape index (κ2) is 9.19. The van der Waals surface area contributed by atoms with E-state index in [0.717, 1.165) is 33.5 Å². The molecule has 1 aliphatic rings. The van der Waals surface area contributed by atoms with Crippen molar-refractivity contribution in [3.05, 3.63) is 145 Å². The van der Waals surface area contributed by atoms with Gasteiger partial charge in [0.15, 0.2) is 0 Å². The van der Waals surface area contributed by atoms with Gasteiger partial charge < -0.3 is 0 Å². The molecular weight excluding hydrogens is 536 g/mol. The van der Waals surface area contributed by atoms with Crippen molar-refractivity contribution in [2.24, 2.45) is 0 Å². The summed E-state index contributed by atoms with van der Waals surface area (Å²) in [4.78, 5) is 15.2. The van der Waals surface area contributed by atoms with Gasteiger partial charge in [-0.15, -0.1) is 0 Å². The highest BCUT2D eigenvalue weighted by molar-refractivity contribution is 6.26. The maximum absolute atomic E-state index is 5.31. The van der Waals surface area contributed by atoms with Crippen molar-refractivity contribution in [2.75, 3.05) is 0 Å². The molecule has 208 valence electrons. The van der Waals surface area contributed by atoms with E-state index in [-0.39, 0.29) is 5.41 Å². The minimum atomic E-state index is -0.263. The maximum atomic E-state index is 5.31. The van der Waals surface area contributed by atoms with Crippen LogP contribution in [0.3, 0.4) is 0 Å². The van der Waals surface area contributed by atoms with Gasteiger partial charge in [-0.25, -0.2) is 9.97 Å². The standard InChI is InChI=1S/C40H28N4/c1-40(2)31-21-22-41-24-30(31)35-27-17-9-10-18-28(27)36-29-19-11-12-20-34(29)44(38(36)37(35)40)39-42-32(25-13-5-3-6-14-25)23-33(43-39)26-15-7-4-8-16-26/h3-24H,1-2H3. The van der Waals surface area contributed by atoms with Crippen molar-refractivity contribution in [3.8, 4) is 39.6 Å². The third-order valence-electron chi connectivity index (χ3n) is 9.27. The average Bonchev–Trinajstić information content (AvgIpc) is 3.55. The number of para-hydroxylation sites is 1. The number of nitrogens with zero attached hydrogens (tertiary/aromatic N) is 4. The number of pyridine rings is 1. The monoisotopic (exact) mass is 564 g/mol. The molecule has 0 spiro atoms. The molecule has 4 nitrogen and oxygen atoms in total. The van der Waals surface area contributed by atoms with E-state index >= 15 is 0 Å². The number of fused-ring (bicyclic) bond motifs is 10. The van der Waals surface area contributed by atoms with Gasteiger partial charge in [0.1, 0.15) is 0 Å². The van der Waals surface area contributed by atoms with Crippen molar-refractivity contribution in [2.45, 2.75) is 19.3 Å². The minimum Gasteiger partial charge on any atom is -0.278 e. The Hall–Kier alpha value is -5.61. The van der Waals surface area contributed by atoms with Gasteiger partial charge in [0.05, 0.1) is 22.4 Å². The summed E-state index contributed by atoms with van der Waals surface area (Å²) in [6, 6.07) is 42.6. The summed E-state index contributed by atoms with van der Waals surface area (Å²) in [5.74, 6) is 0.666. The summed E-state index contributed by atoms with van der Waals surface area (Å²) in [5, 5.41) is 4.91. The van der Waals surface area contributed by atoms with E-state index in [4.69, 9.17) is 9.97 Å². The molecule has 0 bridgehead atoms. The summed E-state index contributed by atoms with van der Waals surface area (Å²) in [6.07, 6.45) is 3.95. The fraction of sp³-hybridized carbons (Fsp3) is 0.0750. The first-order valence-corrected chi connectivity index (χ1v) is 15.0. The Bertz CT molecular complexity index is 2350. The highest BCUT2D eigenvalue weighted by Crippen LogP contribution is 2.55. The number of hydrogen-bond donors (Lipinski definition) is 0. The third kappa shape index (κ3) is 3.42. The van der Waals surface area contributed by atoms with E-state index in [9.17, 15) is 0 Å². The summed E-state index contributed by atoms with van der Waals surface area (Å²) in [5.41, 5.74) is 10.9. The molecule has 1 aliphatic carbocycles. The molecule has 0 saturated heterocycles.